The first kappa shape index (κ1) is 23.3. The third-order valence-corrected chi connectivity index (χ3v) is 7.17. The van der Waals surface area contributed by atoms with Crippen molar-refractivity contribution < 1.29 is 14.3 Å². The molecule has 178 valence electrons. The lowest BCUT2D eigenvalue weighted by Gasteiger charge is -2.42. The molecule has 0 saturated carbocycles. The molecule has 2 fully saturated rings. The van der Waals surface area contributed by atoms with Crippen molar-refractivity contribution in [2.24, 2.45) is 5.41 Å². The van der Waals surface area contributed by atoms with Crippen LogP contribution in [0.15, 0.2) is 42.6 Å². The number of hydrogen-bond donors (Lipinski definition) is 0. The van der Waals surface area contributed by atoms with Crippen molar-refractivity contribution in [3.05, 3.63) is 48.3 Å². The number of aromatic nitrogens is 2. The van der Waals surface area contributed by atoms with E-state index in [4.69, 9.17) is 4.74 Å². The average Bonchev–Trinajstić information content (AvgIpc) is 3.27. The van der Waals surface area contributed by atoms with Crippen LogP contribution in [0.4, 0.5) is 0 Å². The number of likely N-dealkylation sites (tertiary alicyclic amines) is 2. The number of aryl methyl sites for hydroxylation is 2. The number of amides is 2. The number of ether oxygens (including phenoxy) is 1. The van der Waals surface area contributed by atoms with Crippen LogP contribution in [-0.2, 0) is 16.1 Å². The van der Waals surface area contributed by atoms with Crippen molar-refractivity contribution in [1.29, 1.82) is 0 Å². The van der Waals surface area contributed by atoms with E-state index in [-0.39, 0.29) is 17.2 Å². The molecule has 1 aromatic heterocycles. The lowest BCUT2D eigenvalue weighted by Crippen LogP contribution is -2.48. The highest BCUT2D eigenvalue weighted by Crippen LogP contribution is 2.37. The van der Waals surface area contributed by atoms with E-state index in [1.807, 2.05) is 57.8 Å². The second-order valence-electron chi connectivity index (χ2n) is 9.55. The SMILES string of the molecule is Cc1ccnn1CCC(=O)N1CCC(COc2ccccc2)(CC(=O)N2CCCCC2)CC1. The molecule has 33 heavy (non-hydrogen) atoms. The predicted octanol–water partition coefficient (Wildman–Crippen LogP) is 3.67. The monoisotopic (exact) mass is 452 g/mol. The maximum absolute atomic E-state index is 13.1. The summed E-state index contributed by atoms with van der Waals surface area (Å²) in [5.41, 5.74) is 0.828. The molecule has 2 aliphatic heterocycles. The van der Waals surface area contributed by atoms with Crippen LogP contribution in [0.1, 0.15) is 50.6 Å². The normalized spacial score (nSPS) is 18.2. The number of carbonyl (C=O) groups excluding carboxylic acids is 2. The van der Waals surface area contributed by atoms with Crippen molar-refractivity contribution >= 4 is 11.8 Å². The molecule has 2 aromatic rings. The fraction of sp³-hybridized carbons (Fsp3) is 0.577. The summed E-state index contributed by atoms with van der Waals surface area (Å²) < 4.78 is 8.03. The molecule has 0 spiro atoms. The maximum atomic E-state index is 13.1. The fourth-order valence-electron chi connectivity index (χ4n) is 4.92. The number of hydrogen-bond acceptors (Lipinski definition) is 4. The molecule has 2 amide bonds. The molecular weight excluding hydrogens is 416 g/mol. The first-order chi connectivity index (χ1) is 16.0. The van der Waals surface area contributed by atoms with Crippen molar-refractivity contribution in [2.45, 2.75) is 58.4 Å². The minimum Gasteiger partial charge on any atom is -0.493 e. The molecule has 1 aromatic carbocycles. The summed E-state index contributed by atoms with van der Waals surface area (Å²) in [7, 11) is 0. The number of para-hydroxylation sites is 1. The first-order valence-electron chi connectivity index (χ1n) is 12.3. The molecule has 0 radical (unpaired) electrons. The summed E-state index contributed by atoms with van der Waals surface area (Å²) in [6.07, 6.45) is 7.67. The van der Waals surface area contributed by atoms with Gasteiger partial charge in [0, 0.05) is 62.9 Å². The second kappa shape index (κ2) is 10.9. The zero-order chi connectivity index (χ0) is 23.1. The van der Waals surface area contributed by atoms with Gasteiger partial charge in [-0.2, -0.15) is 5.10 Å². The molecular formula is C26H36N4O3. The van der Waals surface area contributed by atoms with Crippen molar-refractivity contribution in [3.8, 4) is 5.75 Å². The first-order valence-corrected chi connectivity index (χ1v) is 12.3. The van der Waals surface area contributed by atoms with Crippen LogP contribution in [-0.4, -0.2) is 64.2 Å². The summed E-state index contributed by atoms with van der Waals surface area (Å²) >= 11 is 0. The van der Waals surface area contributed by atoms with Crippen molar-refractivity contribution in [2.75, 3.05) is 32.8 Å². The van der Waals surface area contributed by atoms with Gasteiger partial charge in [-0.25, -0.2) is 0 Å². The topological polar surface area (TPSA) is 67.7 Å². The Balaban J connectivity index is 1.36. The molecule has 0 unspecified atom stereocenters. The zero-order valence-corrected chi connectivity index (χ0v) is 19.7. The summed E-state index contributed by atoms with van der Waals surface area (Å²) in [6, 6.07) is 11.8. The summed E-state index contributed by atoms with van der Waals surface area (Å²) in [5.74, 6) is 1.22. The van der Waals surface area contributed by atoms with E-state index in [0.29, 0.717) is 39.1 Å². The molecule has 0 bridgehead atoms. The Kier molecular flexibility index (Phi) is 7.68. The standard InChI is InChI=1S/C26H36N4O3/c1-22-10-14-27-30(22)17-11-24(31)29-18-12-26(13-19-29,21-33-23-8-4-2-5-9-23)20-25(32)28-15-6-3-7-16-28/h2,4-5,8-10,14H,3,6-7,11-13,15-21H2,1H3. The predicted molar refractivity (Wildman–Crippen MR) is 127 cm³/mol. The quantitative estimate of drug-likeness (QED) is 0.613. The molecule has 2 saturated heterocycles. The van der Waals surface area contributed by atoms with Crippen LogP contribution < -0.4 is 4.74 Å². The lowest BCUT2D eigenvalue weighted by atomic mass is 9.75. The van der Waals surface area contributed by atoms with E-state index >= 15 is 0 Å². The Bertz CT molecular complexity index is 913. The molecule has 7 nitrogen and oxygen atoms in total. The number of rotatable bonds is 8. The third kappa shape index (κ3) is 6.15. The van der Waals surface area contributed by atoms with Crippen molar-refractivity contribution in [1.82, 2.24) is 19.6 Å². The van der Waals surface area contributed by atoms with Gasteiger partial charge in [0.15, 0.2) is 0 Å². The summed E-state index contributed by atoms with van der Waals surface area (Å²) in [6.45, 7) is 6.18. The van der Waals surface area contributed by atoms with Gasteiger partial charge in [0.2, 0.25) is 11.8 Å². The number of carbonyl (C=O) groups is 2. The van der Waals surface area contributed by atoms with Crippen LogP contribution in [0.25, 0.3) is 0 Å². The van der Waals surface area contributed by atoms with Crippen molar-refractivity contribution in [3.63, 3.8) is 0 Å². The highest BCUT2D eigenvalue weighted by Gasteiger charge is 2.39. The Morgan fingerprint density at radius 3 is 2.30 bits per heavy atom. The minimum atomic E-state index is -0.236. The summed E-state index contributed by atoms with van der Waals surface area (Å²) in [4.78, 5) is 30.0. The van der Waals surface area contributed by atoms with Crippen LogP contribution >= 0.6 is 0 Å². The molecule has 0 N–H and O–H groups in total. The van der Waals surface area contributed by atoms with Crippen LogP contribution in [0.2, 0.25) is 0 Å². The molecule has 0 aliphatic carbocycles. The smallest absolute Gasteiger partial charge is 0.224 e. The third-order valence-electron chi connectivity index (χ3n) is 7.17. The Labute approximate surface area is 196 Å². The van der Waals surface area contributed by atoms with Gasteiger partial charge >= 0.3 is 0 Å². The number of nitrogens with zero attached hydrogens (tertiary/aromatic N) is 4. The Hall–Kier alpha value is -2.83. The van der Waals surface area contributed by atoms with Gasteiger partial charge in [-0.3, -0.25) is 14.3 Å². The van der Waals surface area contributed by atoms with Gasteiger partial charge in [0.25, 0.3) is 0 Å². The molecule has 0 atom stereocenters. The van der Waals surface area contributed by atoms with Gasteiger partial charge in [0.05, 0.1) is 6.61 Å². The van der Waals surface area contributed by atoms with Gasteiger partial charge < -0.3 is 14.5 Å². The lowest BCUT2D eigenvalue weighted by molar-refractivity contribution is -0.138. The number of piperidine rings is 2. The molecule has 3 heterocycles. The highest BCUT2D eigenvalue weighted by atomic mass is 16.5. The average molecular weight is 453 g/mol. The van der Waals surface area contributed by atoms with E-state index in [9.17, 15) is 9.59 Å². The largest absolute Gasteiger partial charge is 0.493 e. The molecule has 2 aliphatic rings. The fourth-order valence-corrected chi connectivity index (χ4v) is 4.92. The summed E-state index contributed by atoms with van der Waals surface area (Å²) in [5, 5.41) is 4.27. The van der Waals surface area contributed by atoms with E-state index in [1.165, 1.54) is 6.42 Å². The Morgan fingerprint density at radius 1 is 0.939 bits per heavy atom. The molecule has 7 heteroatoms. The van der Waals surface area contributed by atoms with E-state index in [0.717, 1.165) is 50.2 Å². The second-order valence-corrected chi connectivity index (χ2v) is 9.55. The minimum absolute atomic E-state index is 0.157. The number of benzene rings is 1. The molecule has 4 rings (SSSR count). The van der Waals surface area contributed by atoms with E-state index in [2.05, 4.69) is 5.10 Å². The van der Waals surface area contributed by atoms with Gasteiger partial charge in [-0.05, 0) is 57.2 Å². The maximum Gasteiger partial charge on any atom is 0.224 e. The van der Waals surface area contributed by atoms with Crippen LogP contribution in [0.5, 0.6) is 5.75 Å². The van der Waals surface area contributed by atoms with Gasteiger partial charge in [-0.15, -0.1) is 0 Å². The van der Waals surface area contributed by atoms with Gasteiger partial charge in [-0.1, -0.05) is 18.2 Å². The highest BCUT2D eigenvalue weighted by molar-refractivity contribution is 5.78. The zero-order valence-electron chi connectivity index (χ0n) is 19.7. The van der Waals surface area contributed by atoms with Crippen LogP contribution in [0.3, 0.4) is 0 Å². The van der Waals surface area contributed by atoms with Crippen LogP contribution in [0, 0.1) is 12.3 Å². The van der Waals surface area contributed by atoms with E-state index in [1.54, 1.807) is 6.20 Å². The Morgan fingerprint density at radius 2 is 1.64 bits per heavy atom. The van der Waals surface area contributed by atoms with Gasteiger partial charge in [0.1, 0.15) is 5.75 Å². The van der Waals surface area contributed by atoms with E-state index < -0.39 is 0 Å².